The molecule has 0 atom stereocenters. The molecule has 2 aromatic carbocycles. The van der Waals surface area contributed by atoms with Gasteiger partial charge in [0.1, 0.15) is 0 Å². The van der Waals surface area contributed by atoms with Gasteiger partial charge in [-0.1, -0.05) is 23.8 Å². The highest BCUT2D eigenvalue weighted by molar-refractivity contribution is 6.00. The van der Waals surface area contributed by atoms with Crippen LogP contribution in [0.15, 0.2) is 42.5 Å². The van der Waals surface area contributed by atoms with E-state index in [0.29, 0.717) is 11.4 Å². The predicted molar refractivity (Wildman–Crippen MR) is 79.4 cm³/mol. The van der Waals surface area contributed by atoms with Gasteiger partial charge in [-0.25, -0.2) is 4.79 Å². The molecule has 0 heterocycles. The Labute approximate surface area is 112 Å². The second kappa shape index (κ2) is 5.44. The number of amides is 2. The van der Waals surface area contributed by atoms with E-state index in [0.717, 1.165) is 16.8 Å². The van der Waals surface area contributed by atoms with Gasteiger partial charge >= 0.3 is 6.03 Å². The molecule has 0 fully saturated rings. The first kappa shape index (κ1) is 13.0. The minimum absolute atomic E-state index is 0.280. The Hall–Kier alpha value is -2.49. The van der Waals surface area contributed by atoms with Crippen LogP contribution in [-0.2, 0) is 0 Å². The fraction of sp³-hybridized carbons (Fsp3) is 0.133. The van der Waals surface area contributed by atoms with E-state index in [1.165, 1.54) is 0 Å². The maximum Gasteiger partial charge on any atom is 0.323 e. The maximum atomic E-state index is 11.9. The van der Waals surface area contributed by atoms with Gasteiger partial charge in [0.15, 0.2) is 0 Å². The number of carbonyl (C=O) groups is 1. The Bertz CT molecular complexity index is 591. The standard InChI is InChI=1S/C15H17N3O/c1-10-6-8-12(9-7-10)17-15(19)18-14-5-3-4-13(16)11(14)2/h3-9H,16H2,1-2H3,(H2,17,18,19). The molecule has 0 aliphatic heterocycles. The fourth-order valence-corrected chi connectivity index (χ4v) is 1.71. The number of aryl methyl sites for hydroxylation is 1. The molecule has 4 nitrogen and oxygen atoms in total. The molecule has 0 spiro atoms. The summed E-state index contributed by atoms with van der Waals surface area (Å²) >= 11 is 0. The monoisotopic (exact) mass is 255 g/mol. The molecule has 2 amide bonds. The molecule has 0 saturated heterocycles. The molecule has 0 aliphatic carbocycles. The number of benzene rings is 2. The minimum Gasteiger partial charge on any atom is -0.398 e. The van der Waals surface area contributed by atoms with Crippen molar-refractivity contribution in [1.82, 2.24) is 0 Å². The summed E-state index contributed by atoms with van der Waals surface area (Å²) in [6, 6.07) is 12.8. The van der Waals surface area contributed by atoms with Crippen molar-refractivity contribution in [2.75, 3.05) is 16.4 Å². The SMILES string of the molecule is Cc1ccc(NC(=O)Nc2cccc(N)c2C)cc1. The van der Waals surface area contributed by atoms with Crippen LogP contribution in [0.5, 0.6) is 0 Å². The van der Waals surface area contributed by atoms with Gasteiger partial charge in [0.05, 0.1) is 0 Å². The lowest BCUT2D eigenvalue weighted by atomic mass is 10.1. The summed E-state index contributed by atoms with van der Waals surface area (Å²) in [5, 5.41) is 5.56. The van der Waals surface area contributed by atoms with Gasteiger partial charge in [-0.05, 0) is 43.7 Å². The zero-order chi connectivity index (χ0) is 13.8. The number of urea groups is 1. The van der Waals surface area contributed by atoms with Crippen molar-refractivity contribution in [2.45, 2.75) is 13.8 Å². The van der Waals surface area contributed by atoms with Crippen molar-refractivity contribution < 1.29 is 4.79 Å². The lowest BCUT2D eigenvalue weighted by Gasteiger charge is -2.11. The van der Waals surface area contributed by atoms with Crippen LogP contribution in [0, 0.1) is 13.8 Å². The number of nitrogen functional groups attached to an aromatic ring is 1. The van der Waals surface area contributed by atoms with Gasteiger partial charge in [-0.15, -0.1) is 0 Å². The molecule has 0 saturated carbocycles. The highest BCUT2D eigenvalue weighted by Crippen LogP contribution is 2.20. The molecule has 2 aromatic rings. The molecule has 4 N–H and O–H groups in total. The van der Waals surface area contributed by atoms with Crippen molar-refractivity contribution in [3.63, 3.8) is 0 Å². The maximum absolute atomic E-state index is 11.9. The van der Waals surface area contributed by atoms with Gasteiger partial charge in [0.25, 0.3) is 0 Å². The molecule has 0 bridgehead atoms. The van der Waals surface area contributed by atoms with Crippen LogP contribution in [0.3, 0.4) is 0 Å². The molecule has 4 heteroatoms. The number of nitrogens with one attached hydrogen (secondary N) is 2. The largest absolute Gasteiger partial charge is 0.398 e. The van der Waals surface area contributed by atoms with Crippen LogP contribution < -0.4 is 16.4 Å². The van der Waals surface area contributed by atoms with Gasteiger partial charge in [-0.3, -0.25) is 0 Å². The molecule has 19 heavy (non-hydrogen) atoms. The van der Waals surface area contributed by atoms with Crippen molar-refractivity contribution in [1.29, 1.82) is 0 Å². The van der Waals surface area contributed by atoms with E-state index >= 15 is 0 Å². The molecule has 2 rings (SSSR count). The first-order valence-corrected chi connectivity index (χ1v) is 6.06. The molecule has 0 radical (unpaired) electrons. The van der Waals surface area contributed by atoms with E-state index in [-0.39, 0.29) is 6.03 Å². The third-order valence-electron chi connectivity index (χ3n) is 2.93. The second-order valence-electron chi connectivity index (χ2n) is 4.46. The Kier molecular flexibility index (Phi) is 3.71. The van der Waals surface area contributed by atoms with Crippen LogP contribution in [0.4, 0.5) is 21.9 Å². The molecule has 0 unspecified atom stereocenters. The van der Waals surface area contributed by atoms with E-state index < -0.39 is 0 Å². The number of nitrogens with two attached hydrogens (primary N) is 1. The Morgan fingerprint density at radius 3 is 2.37 bits per heavy atom. The number of hydrogen-bond donors (Lipinski definition) is 3. The Morgan fingerprint density at radius 2 is 1.68 bits per heavy atom. The molecule has 98 valence electrons. The lowest BCUT2D eigenvalue weighted by Crippen LogP contribution is -2.20. The van der Waals surface area contributed by atoms with Crippen molar-refractivity contribution in [3.05, 3.63) is 53.6 Å². The lowest BCUT2D eigenvalue weighted by molar-refractivity contribution is 0.262. The second-order valence-corrected chi connectivity index (χ2v) is 4.46. The predicted octanol–water partition coefficient (Wildman–Crippen LogP) is 3.53. The summed E-state index contributed by atoms with van der Waals surface area (Å²) in [6.45, 7) is 3.87. The van der Waals surface area contributed by atoms with Crippen LogP contribution in [0.25, 0.3) is 0 Å². The number of rotatable bonds is 2. The van der Waals surface area contributed by atoms with E-state index in [2.05, 4.69) is 10.6 Å². The van der Waals surface area contributed by atoms with Crippen LogP contribution >= 0.6 is 0 Å². The smallest absolute Gasteiger partial charge is 0.323 e. The zero-order valence-electron chi connectivity index (χ0n) is 11.0. The Morgan fingerprint density at radius 1 is 1.00 bits per heavy atom. The molecular weight excluding hydrogens is 238 g/mol. The van der Waals surface area contributed by atoms with E-state index in [9.17, 15) is 4.79 Å². The minimum atomic E-state index is -0.280. The highest BCUT2D eigenvalue weighted by Gasteiger charge is 2.06. The van der Waals surface area contributed by atoms with Gasteiger partial charge in [0.2, 0.25) is 0 Å². The van der Waals surface area contributed by atoms with Crippen molar-refractivity contribution in [2.24, 2.45) is 0 Å². The Balaban J connectivity index is 2.05. The number of hydrogen-bond acceptors (Lipinski definition) is 2. The van der Waals surface area contributed by atoms with Crippen LogP contribution in [0.1, 0.15) is 11.1 Å². The average Bonchev–Trinajstić information content (AvgIpc) is 2.38. The summed E-state index contributed by atoms with van der Waals surface area (Å²) in [5.74, 6) is 0. The summed E-state index contributed by atoms with van der Waals surface area (Å²) in [4.78, 5) is 11.9. The summed E-state index contributed by atoms with van der Waals surface area (Å²) in [5.41, 5.74) is 9.93. The third kappa shape index (κ3) is 3.25. The van der Waals surface area contributed by atoms with Crippen molar-refractivity contribution >= 4 is 23.1 Å². The number of carbonyl (C=O) groups excluding carboxylic acids is 1. The summed E-state index contributed by atoms with van der Waals surface area (Å²) in [7, 11) is 0. The van der Waals surface area contributed by atoms with Gasteiger partial charge in [0, 0.05) is 17.1 Å². The number of anilines is 3. The van der Waals surface area contributed by atoms with Crippen LogP contribution in [-0.4, -0.2) is 6.03 Å². The normalized spacial score (nSPS) is 10.0. The molecule has 0 aromatic heterocycles. The molecular formula is C15H17N3O. The first-order valence-electron chi connectivity index (χ1n) is 6.06. The van der Waals surface area contributed by atoms with Crippen LogP contribution in [0.2, 0.25) is 0 Å². The first-order chi connectivity index (χ1) is 9.06. The van der Waals surface area contributed by atoms with Gasteiger partial charge in [-0.2, -0.15) is 0 Å². The van der Waals surface area contributed by atoms with Gasteiger partial charge < -0.3 is 16.4 Å². The summed E-state index contributed by atoms with van der Waals surface area (Å²) < 4.78 is 0. The van der Waals surface area contributed by atoms with E-state index in [1.54, 1.807) is 6.07 Å². The quantitative estimate of drug-likeness (QED) is 0.719. The van der Waals surface area contributed by atoms with Crippen molar-refractivity contribution in [3.8, 4) is 0 Å². The highest BCUT2D eigenvalue weighted by atomic mass is 16.2. The average molecular weight is 255 g/mol. The van der Waals surface area contributed by atoms with E-state index in [1.807, 2.05) is 50.2 Å². The topological polar surface area (TPSA) is 67.2 Å². The fourth-order valence-electron chi connectivity index (χ4n) is 1.71. The molecule has 0 aliphatic rings. The zero-order valence-corrected chi connectivity index (χ0v) is 11.0. The van der Waals surface area contributed by atoms with E-state index in [4.69, 9.17) is 5.73 Å². The third-order valence-corrected chi connectivity index (χ3v) is 2.93. The summed E-state index contributed by atoms with van der Waals surface area (Å²) in [6.07, 6.45) is 0.